The molecule has 0 fully saturated rings. The van der Waals surface area contributed by atoms with Gasteiger partial charge in [-0.15, -0.1) is 0 Å². The average molecular weight is 273 g/mol. The van der Waals surface area contributed by atoms with Crippen molar-refractivity contribution in [3.05, 3.63) is 33.6 Å². The number of hydrogen-bond donors (Lipinski definition) is 1. The van der Waals surface area contributed by atoms with E-state index < -0.39 is 28.0 Å². The molecule has 1 aromatic rings. The van der Waals surface area contributed by atoms with Gasteiger partial charge in [-0.1, -0.05) is 0 Å². The first kappa shape index (κ1) is 14.8. The summed E-state index contributed by atoms with van der Waals surface area (Å²) in [7, 11) is 1.50. The smallest absolute Gasteiger partial charge is 0.342 e. The van der Waals surface area contributed by atoms with E-state index in [9.17, 15) is 19.3 Å². The van der Waals surface area contributed by atoms with E-state index in [0.29, 0.717) is 19.1 Å². The summed E-state index contributed by atoms with van der Waals surface area (Å²) >= 11 is 0. The van der Waals surface area contributed by atoms with Gasteiger partial charge in [-0.05, 0) is 0 Å². The zero-order chi connectivity index (χ0) is 14.4. The molecule has 0 radical (unpaired) electrons. The monoisotopic (exact) mass is 273 g/mol. The van der Waals surface area contributed by atoms with Crippen molar-refractivity contribution in [1.82, 2.24) is 0 Å². The van der Waals surface area contributed by atoms with E-state index >= 15 is 0 Å². The van der Waals surface area contributed by atoms with Gasteiger partial charge in [-0.3, -0.25) is 10.1 Å². The van der Waals surface area contributed by atoms with Gasteiger partial charge < -0.3 is 14.6 Å². The predicted molar refractivity (Wildman–Crippen MR) is 62.0 cm³/mol. The number of methoxy groups -OCH3 is 1. The fourth-order valence-electron chi connectivity index (χ4n) is 1.36. The number of rotatable bonds is 7. The molecule has 1 N–H and O–H groups in total. The highest BCUT2D eigenvalue weighted by atomic mass is 19.1. The lowest BCUT2D eigenvalue weighted by Gasteiger charge is -2.08. The van der Waals surface area contributed by atoms with Gasteiger partial charge in [-0.2, -0.15) is 0 Å². The molecule has 19 heavy (non-hydrogen) atoms. The number of nitro groups is 1. The van der Waals surface area contributed by atoms with Crippen LogP contribution in [0.25, 0.3) is 0 Å². The molecule has 0 atom stereocenters. The van der Waals surface area contributed by atoms with Gasteiger partial charge in [0.05, 0.1) is 17.6 Å². The van der Waals surface area contributed by atoms with Crippen LogP contribution in [0, 0.1) is 15.9 Å². The van der Waals surface area contributed by atoms with E-state index in [-0.39, 0.29) is 12.4 Å². The van der Waals surface area contributed by atoms with E-state index in [1.807, 2.05) is 0 Å². The van der Waals surface area contributed by atoms with Crippen molar-refractivity contribution in [3.8, 4) is 5.75 Å². The van der Waals surface area contributed by atoms with Crippen LogP contribution in [0.15, 0.2) is 12.1 Å². The number of halogens is 1. The van der Waals surface area contributed by atoms with Crippen molar-refractivity contribution in [2.75, 3.05) is 20.3 Å². The summed E-state index contributed by atoms with van der Waals surface area (Å²) in [6, 6.07) is 1.34. The molecule has 0 heterocycles. The molecule has 0 bridgehead atoms. The fraction of sp³-hybridized carbons (Fsp3) is 0.364. The Hall–Kier alpha value is -2.22. The van der Waals surface area contributed by atoms with Crippen LogP contribution in [-0.2, 0) is 4.74 Å². The van der Waals surface area contributed by atoms with Gasteiger partial charge in [-0.25, -0.2) is 9.18 Å². The molecule has 104 valence electrons. The summed E-state index contributed by atoms with van der Waals surface area (Å²) in [5, 5.41) is 19.4. The number of carbonyl (C=O) groups is 1. The Morgan fingerprint density at radius 3 is 2.68 bits per heavy atom. The van der Waals surface area contributed by atoms with Gasteiger partial charge in [0.2, 0.25) is 0 Å². The van der Waals surface area contributed by atoms with Gasteiger partial charge in [0.25, 0.3) is 5.69 Å². The maximum atomic E-state index is 13.5. The molecule has 0 aliphatic carbocycles. The molecule has 0 amide bonds. The number of carboxylic acid groups (broad SMARTS) is 1. The lowest BCUT2D eigenvalue weighted by molar-refractivity contribution is -0.385. The van der Waals surface area contributed by atoms with Crippen LogP contribution in [0.4, 0.5) is 10.1 Å². The predicted octanol–water partition coefficient (Wildman–Crippen LogP) is 1.85. The van der Waals surface area contributed by atoms with Crippen LogP contribution in [-0.4, -0.2) is 36.3 Å². The van der Waals surface area contributed by atoms with Gasteiger partial charge in [0.1, 0.15) is 5.56 Å². The van der Waals surface area contributed by atoms with E-state index in [1.165, 1.54) is 7.11 Å². The van der Waals surface area contributed by atoms with Crippen LogP contribution in [0.5, 0.6) is 5.75 Å². The Balaban J connectivity index is 2.97. The van der Waals surface area contributed by atoms with Crippen molar-refractivity contribution >= 4 is 11.7 Å². The summed E-state index contributed by atoms with van der Waals surface area (Å²) in [5.41, 5.74) is -1.43. The Morgan fingerprint density at radius 2 is 2.16 bits per heavy atom. The normalized spacial score (nSPS) is 10.2. The summed E-state index contributed by atoms with van der Waals surface area (Å²) in [5.74, 6) is -2.83. The van der Waals surface area contributed by atoms with E-state index in [1.54, 1.807) is 0 Å². The van der Waals surface area contributed by atoms with Gasteiger partial charge in [0, 0.05) is 26.2 Å². The first-order valence-corrected chi connectivity index (χ1v) is 5.30. The quantitative estimate of drug-likeness (QED) is 0.462. The zero-order valence-electron chi connectivity index (χ0n) is 10.1. The maximum Gasteiger partial charge on any atom is 0.342 e. The Kier molecular flexibility index (Phi) is 5.19. The number of ether oxygens (including phenoxy) is 2. The third-order valence-corrected chi connectivity index (χ3v) is 2.23. The molecule has 0 spiro atoms. The number of aromatic carboxylic acids is 1. The fourth-order valence-corrected chi connectivity index (χ4v) is 1.36. The molecule has 0 saturated heterocycles. The lowest BCUT2D eigenvalue weighted by atomic mass is 10.1. The molecule has 0 aromatic heterocycles. The molecule has 0 aliphatic rings. The lowest BCUT2D eigenvalue weighted by Crippen LogP contribution is -2.07. The number of carboxylic acids is 1. The summed E-state index contributed by atoms with van der Waals surface area (Å²) in [4.78, 5) is 20.5. The largest absolute Gasteiger partial charge is 0.490 e. The molecular formula is C11H12FNO6. The average Bonchev–Trinajstić information content (AvgIpc) is 2.35. The minimum Gasteiger partial charge on any atom is -0.490 e. The van der Waals surface area contributed by atoms with Crippen LogP contribution in [0.3, 0.4) is 0 Å². The number of nitrogens with zero attached hydrogens (tertiary/aromatic N) is 1. The van der Waals surface area contributed by atoms with E-state index in [4.69, 9.17) is 14.6 Å². The van der Waals surface area contributed by atoms with Crippen molar-refractivity contribution < 1.29 is 28.7 Å². The molecule has 8 heteroatoms. The number of hydrogen-bond acceptors (Lipinski definition) is 5. The maximum absolute atomic E-state index is 13.5. The van der Waals surface area contributed by atoms with Crippen LogP contribution >= 0.6 is 0 Å². The summed E-state index contributed by atoms with van der Waals surface area (Å²) < 4.78 is 23.3. The Morgan fingerprint density at radius 1 is 1.47 bits per heavy atom. The highest BCUT2D eigenvalue weighted by Gasteiger charge is 2.23. The standard InChI is InChI=1S/C11H12FNO6/c1-18-3-2-4-19-10-5-7(11(14)15)9(13(16)17)6-8(10)12/h5-6H,2-4H2,1H3,(H,14,15). The third-order valence-electron chi connectivity index (χ3n) is 2.23. The Bertz CT molecular complexity index is 490. The van der Waals surface area contributed by atoms with Crippen LogP contribution in [0.1, 0.15) is 16.8 Å². The molecule has 0 unspecified atom stereocenters. The van der Waals surface area contributed by atoms with E-state index in [0.717, 1.165) is 6.07 Å². The molecule has 0 aliphatic heterocycles. The van der Waals surface area contributed by atoms with Crippen molar-refractivity contribution in [3.63, 3.8) is 0 Å². The number of benzene rings is 1. The minimum atomic E-state index is -1.52. The SMILES string of the molecule is COCCCOc1cc(C(=O)O)c([N+](=O)[O-])cc1F. The minimum absolute atomic E-state index is 0.113. The highest BCUT2D eigenvalue weighted by Crippen LogP contribution is 2.27. The molecular weight excluding hydrogens is 261 g/mol. The molecule has 0 saturated carbocycles. The van der Waals surface area contributed by atoms with Crippen molar-refractivity contribution in [2.24, 2.45) is 0 Å². The first-order valence-electron chi connectivity index (χ1n) is 5.30. The Labute approximate surface area is 107 Å². The molecule has 1 aromatic carbocycles. The molecule has 7 nitrogen and oxygen atoms in total. The zero-order valence-corrected chi connectivity index (χ0v) is 10.1. The highest BCUT2D eigenvalue weighted by molar-refractivity contribution is 5.92. The van der Waals surface area contributed by atoms with E-state index in [2.05, 4.69) is 0 Å². The summed E-state index contributed by atoms with van der Waals surface area (Å²) in [6.07, 6.45) is 0.481. The van der Waals surface area contributed by atoms with Gasteiger partial charge >= 0.3 is 5.97 Å². The van der Waals surface area contributed by atoms with Crippen molar-refractivity contribution in [2.45, 2.75) is 6.42 Å². The second kappa shape index (κ2) is 6.64. The number of nitro benzene ring substituents is 1. The third kappa shape index (κ3) is 3.88. The topological polar surface area (TPSA) is 98.9 Å². The molecule has 1 rings (SSSR count). The second-order valence-corrected chi connectivity index (χ2v) is 3.56. The van der Waals surface area contributed by atoms with Crippen LogP contribution < -0.4 is 4.74 Å². The van der Waals surface area contributed by atoms with Gasteiger partial charge in [0.15, 0.2) is 11.6 Å². The first-order chi connectivity index (χ1) is 8.97. The summed E-state index contributed by atoms with van der Waals surface area (Å²) in [6.45, 7) is 0.516. The second-order valence-electron chi connectivity index (χ2n) is 3.56. The van der Waals surface area contributed by atoms with Crippen molar-refractivity contribution in [1.29, 1.82) is 0 Å². The van der Waals surface area contributed by atoms with Crippen LogP contribution in [0.2, 0.25) is 0 Å².